The van der Waals surface area contributed by atoms with E-state index in [1.807, 2.05) is 0 Å². The molecule has 0 aliphatic rings. The van der Waals surface area contributed by atoms with Crippen molar-refractivity contribution >= 4 is 11.8 Å². The number of aromatic nitrogens is 1. The van der Waals surface area contributed by atoms with E-state index in [0.717, 1.165) is 0 Å². The Labute approximate surface area is 81.3 Å². The van der Waals surface area contributed by atoms with Crippen LogP contribution in [0.4, 0.5) is 4.79 Å². The zero-order valence-electron chi connectivity index (χ0n) is 7.80. The lowest BCUT2D eigenvalue weighted by molar-refractivity contribution is -0.119. The molecule has 1 aromatic rings. The number of hydrogen-bond donors (Lipinski definition) is 2. The minimum atomic E-state index is -0.829. The molecule has 0 bridgehead atoms. The third kappa shape index (κ3) is 2.43. The van der Waals surface area contributed by atoms with Gasteiger partial charge in [0.05, 0.1) is 6.61 Å². The number of Topliss-reactive ketones (excluding diaryl/α,β-unsaturated/α-hetero) is 1. The van der Waals surface area contributed by atoms with Crippen molar-refractivity contribution in [3.05, 3.63) is 24.5 Å². The van der Waals surface area contributed by atoms with Crippen LogP contribution < -0.4 is 5.32 Å². The van der Waals surface area contributed by atoms with Crippen LogP contribution in [0.5, 0.6) is 0 Å². The van der Waals surface area contributed by atoms with Gasteiger partial charge in [-0.05, 0) is 19.1 Å². The summed E-state index contributed by atoms with van der Waals surface area (Å²) in [7, 11) is 0. The fourth-order valence-electron chi connectivity index (χ4n) is 0.969. The molecule has 2 N–H and O–H groups in total. The molecule has 0 saturated carbocycles. The predicted molar refractivity (Wildman–Crippen MR) is 49.9 cm³/mol. The number of nitrogens with zero attached hydrogens (tertiary/aromatic N) is 1. The average Bonchev–Trinajstić information content (AvgIpc) is 2.65. The van der Waals surface area contributed by atoms with Crippen molar-refractivity contribution in [2.75, 3.05) is 6.61 Å². The molecule has 1 amide bonds. The lowest BCUT2D eigenvalue weighted by Gasteiger charge is -2.12. The monoisotopic (exact) mass is 196 g/mol. The number of nitrogens with one attached hydrogen (secondary N) is 1. The summed E-state index contributed by atoms with van der Waals surface area (Å²) in [6.07, 6.45) is 3.12. The van der Waals surface area contributed by atoms with Gasteiger partial charge in [0.2, 0.25) is 0 Å². The van der Waals surface area contributed by atoms with Crippen molar-refractivity contribution in [1.29, 1.82) is 0 Å². The van der Waals surface area contributed by atoms with Crippen LogP contribution in [0.3, 0.4) is 0 Å². The van der Waals surface area contributed by atoms with Crippen LogP contribution in [0, 0.1) is 0 Å². The van der Waals surface area contributed by atoms with Crippen molar-refractivity contribution in [3.63, 3.8) is 0 Å². The average molecular weight is 196 g/mol. The molecular weight excluding hydrogens is 184 g/mol. The molecule has 0 unspecified atom stereocenters. The first-order chi connectivity index (χ1) is 6.65. The number of hydrogen-bond acceptors (Lipinski definition) is 3. The second-order valence-corrected chi connectivity index (χ2v) is 2.89. The van der Waals surface area contributed by atoms with Gasteiger partial charge >= 0.3 is 6.03 Å². The van der Waals surface area contributed by atoms with Crippen molar-refractivity contribution in [3.8, 4) is 0 Å². The normalized spacial score (nSPS) is 12.1. The smallest absolute Gasteiger partial charge is 0.326 e. The molecule has 1 rings (SSSR count). The Morgan fingerprint density at radius 1 is 1.43 bits per heavy atom. The lowest BCUT2D eigenvalue weighted by Crippen LogP contribution is -2.43. The Hall–Kier alpha value is -1.62. The minimum absolute atomic E-state index is 0.270. The van der Waals surface area contributed by atoms with Crippen LogP contribution in [0.2, 0.25) is 0 Å². The molecule has 1 atom stereocenters. The summed E-state index contributed by atoms with van der Waals surface area (Å²) in [5.74, 6) is -0.270. The maximum atomic E-state index is 11.4. The SMILES string of the molecule is CC(=O)[C@H](CO)NC(=O)n1cccc1. The highest BCUT2D eigenvalue weighted by Crippen LogP contribution is 1.91. The van der Waals surface area contributed by atoms with E-state index in [1.165, 1.54) is 11.5 Å². The zero-order valence-corrected chi connectivity index (χ0v) is 7.80. The van der Waals surface area contributed by atoms with E-state index in [1.54, 1.807) is 24.5 Å². The molecule has 0 fully saturated rings. The van der Waals surface area contributed by atoms with Gasteiger partial charge in [0.1, 0.15) is 6.04 Å². The first-order valence-electron chi connectivity index (χ1n) is 4.20. The molecule has 0 saturated heterocycles. The van der Waals surface area contributed by atoms with Crippen molar-refractivity contribution in [2.24, 2.45) is 0 Å². The van der Waals surface area contributed by atoms with Gasteiger partial charge in [-0.2, -0.15) is 0 Å². The second-order valence-electron chi connectivity index (χ2n) is 2.89. The molecule has 0 aliphatic heterocycles. The highest BCUT2D eigenvalue weighted by atomic mass is 16.3. The number of aliphatic hydroxyl groups excluding tert-OH is 1. The number of rotatable bonds is 3. The van der Waals surface area contributed by atoms with Gasteiger partial charge in [-0.3, -0.25) is 9.36 Å². The van der Waals surface area contributed by atoms with Gasteiger partial charge in [0.15, 0.2) is 5.78 Å². The Morgan fingerprint density at radius 3 is 2.43 bits per heavy atom. The lowest BCUT2D eigenvalue weighted by atomic mass is 10.2. The van der Waals surface area contributed by atoms with E-state index in [9.17, 15) is 9.59 Å². The van der Waals surface area contributed by atoms with Crippen molar-refractivity contribution < 1.29 is 14.7 Å². The second kappa shape index (κ2) is 4.57. The Morgan fingerprint density at radius 2 is 2.00 bits per heavy atom. The van der Waals surface area contributed by atoms with Gasteiger partial charge in [-0.25, -0.2) is 4.79 Å². The van der Waals surface area contributed by atoms with E-state index in [-0.39, 0.29) is 12.4 Å². The zero-order chi connectivity index (χ0) is 10.6. The van der Waals surface area contributed by atoms with Gasteiger partial charge in [-0.1, -0.05) is 0 Å². The predicted octanol–water partition coefficient (Wildman–Crippen LogP) is -0.00430. The van der Waals surface area contributed by atoms with Crippen LogP contribution in [0.1, 0.15) is 6.92 Å². The number of carbonyl (C=O) groups excluding carboxylic acids is 2. The third-order valence-corrected chi connectivity index (χ3v) is 1.81. The first-order valence-corrected chi connectivity index (χ1v) is 4.20. The van der Waals surface area contributed by atoms with Crippen LogP contribution in [0.15, 0.2) is 24.5 Å². The number of aliphatic hydroxyl groups is 1. The number of amides is 1. The molecule has 1 heterocycles. The molecular formula is C9H12N2O3. The van der Waals surface area contributed by atoms with Crippen LogP contribution >= 0.6 is 0 Å². The maximum absolute atomic E-state index is 11.4. The van der Waals surface area contributed by atoms with Gasteiger partial charge in [0, 0.05) is 12.4 Å². The van der Waals surface area contributed by atoms with Crippen LogP contribution in [-0.2, 0) is 4.79 Å². The molecule has 5 nitrogen and oxygen atoms in total. The fraction of sp³-hybridized carbons (Fsp3) is 0.333. The van der Waals surface area contributed by atoms with Gasteiger partial charge in [0.25, 0.3) is 0 Å². The molecule has 0 aromatic carbocycles. The largest absolute Gasteiger partial charge is 0.394 e. The van der Waals surface area contributed by atoms with Gasteiger partial charge < -0.3 is 10.4 Å². The van der Waals surface area contributed by atoms with Crippen molar-refractivity contribution in [2.45, 2.75) is 13.0 Å². The summed E-state index contributed by atoms with van der Waals surface area (Å²) in [5.41, 5.74) is 0. The molecule has 14 heavy (non-hydrogen) atoms. The Kier molecular flexibility index (Phi) is 3.41. The first kappa shape index (κ1) is 10.5. The quantitative estimate of drug-likeness (QED) is 0.714. The number of carbonyl (C=O) groups is 2. The van der Waals surface area contributed by atoms with E-state index in [0.29, 0.717) is 0 Å². The highest BCUT2D eigenvalue weighted by Gasteiger charge is 2.15. The number of ketones is 1. The summed E-state index contributed by atoms with van der Waals surface area (Å²) >= 11 is 0. The molecule has 0 aliphatic carbocycles. The Balaban J connectivity index is 2.60. The summed E-state index contributed by atoms with van der Waals surface area (Å²) < 4.78 is 1.30. The summed E-state index contributed by atoms with van der Waals surface area (Å²) in [6.45, 7) is 0.930. The topological polar surface area (TPSA) is 71.3 Å². The van der Waals surface area contributed by atoms with E-state index in [2.05, 4.69) is 5.32 Å². The standard InChI is InChI=1S/C9H12N2O3/c1-7(13)8(6-12)10-9(14)11-4-2-3-5-11/h2-5,8,12H,6H2,1H3,(H,10,14)/t8-/m0/s1. The summed E-state index contributed by atoms with van der Waals surface area (Å²) in [4.78, 5) is 22.3. The van der Waals surface area contributed by atoms with E-state index in [4.69, 9.17) is 5.11 Å². The molecule has 1 aromatic heterocycles. The molecule has 76 valence electrons. The maximum Gasteiger partial charge on any atom is 0.326 e. The van der Waals surface area contributed by atoms with Crippen LogP contribution in [-0.4, -0.2) is 34.1 Å². The van der Waals surface area contributed by atoms with Crippen molar-refractivity contribution in [1.82, 2.24) is 9.88 Å². The van der Waals surface area contributed by atoms with Crippen LogP contribution in [0.25, 0.3) is 0 Å². The molecule has 5 heteroatoms. The summed E-state index contributed by atoms with van der Waals surface area (Å²) in [6, 6.07) is 2.14. The summed E-state index contributed by atoms with van der Waals surface area (Å²) in [5, 5.41) is 11.2. The molecule has 0 spiro atoms. The van der Waals surface area contributed by atoms with E-state index >= 15 is 0 Å². The Bertz CT molecular complexity index is 319. The highest BCUT2D eigenvalue weighted by molar-refractivity contribution is 5.87. The minimum Gasteiger partial charge on any atom is -0.394 e. The van der Waals surface area contributed by atoms with E-state index < -0.39 is 12.1 Å². The molecule has 0 radical (unpaired) electrons. The third-order valence-electron chi connectivity index (χ3n) is 1.81. The van der Waals surface area contributed by atoms with Gasteiger partial charge in [-0.15, -0.1) is 0 Å². The fourth-order valence-corrected chi connectivity index (χ4v) is 0.969.